The summed E-state index contributed by atoms with van der Waals surface area (Å²) in [5, 5.41) is 5.58. The molecule has 2 aliphatic rings. The van der Waals surface area contributed by atoms with Gasteiger partial charge in [-0.05, 0) is 59.2 Å². The van der Waals surface area contributed by atoms with Crippen LogP contribution in [-0.2, 0) is 0 Å². The number of thioether (sulfide) groups is 1. The highest BCUT2D eigenvalue weighted by Gasteiger charge is 2.16. The van der Waals surface area contributed by atoms with E-state index in [-0.39, 0.29) is 6.04 Å². The number of hydrogen-bond acceptors (Lipinski definition) is 2. The van der Waals surface area contributed by atoms with Gasteiger partial charge in [-0.1, -0.05) is 48.7 Å². The van der Waals surface area contributed by atoms with E-state index in [9.17, 15) is 0 Å². The van der Waals surface area contributed by atoms with Gasteiger partial charge in [0.25, 0.3) is 0 Å². The molecule has 0 radical (unpaired) electrons. The molecule has 0 amide bonds. The predicted octanol–water partition coefficient (Wildman–Crippen LogP) is 5.29. The summed E-state index contributed by atoms with van der Waals surface area (Å²) in [6.07, 6.45) is 12.6. The largest absolute Gasteiger partial charge is 0.380 e. The molecular weight excluding hydrogens is 274 g/mol. The summed E-state index contributed by atoms with van der Waals surface area (Å²) >= 11 is 1.75. The SMILES string of the molecule is C=C1/C=C\C=C/Sc2cc(C)c(C3C=CC(C)=CN3)cc21. The fourth-order valence-electron chi connectivity index (χ4n) is 2.57. The maximum absolute atomic E-state index is 4.20. The lowest BCUT2D eigenvalue weighted by atomic mass is 9.94. The van der Waals surface area contributed by atoms with Crippen LogP contribution in [0.3, 0.4) is 0 Å². The van der Waals surface area contributed by atoms with E-state index in [1.165, 1.54) is 27.2 Å². The lowest BCUT2D eigenvalue weighted by Crippen LogP contribution is -2.17. The van der Waals surface area contributed by atoms with E-state index >= 15 is 0 Å². The third-order valence-corrected chi connectivity index (χ3v) is 4.66. The first kappa shape index (κ1) is 14.0. The highest BCUT2D eigenvalue weighted by atomic mass is 32.2. The maximum atomic E-state index is 4.20. The van der Waals surface area contributed by atoms with Crippen LogP contribution in [0.4, 0.5) is 0 Å². The Labute approximate surface area is 130 Å². The third-order valence-electron chi connectivity index (χ3n) is 3.77. The van der Waals surface area contributed by atoms with Gasteiger partial charge in [0.2, 0.25) is 0 Å². The molecule has 1 N–H and O–H groups in total. The Balaban J connectivity index is 2.04. The number of aryl methyl sites for hydroxylation is 1. The number of dihydropyridines is 1. The molecule has 2 heteroatoms. The summed E-state index contributed by atoms with van der Waals surface area (Å²) in [4.78, 5) is 1.27. The fourth-order valence-corrected chi connectivity index (χ4v) is 3.45. The highest BCUT2D eigenvalue weighted by molar-refractivity contribution is 8.02. The standard InChI is InChI=1S/C19H19NS/c1-13-7-8-18(20-12-13)16-11-17-14(2)6-4-5-9-21-19(17)10-15(16)3/h4-12,18,20H,2H2,1,3H3/b6-4-,9-5-. The summed E-state index contributed by atoms with van der Waals surface area (Å²) in [6.45, 7) is 8.48. The van der Waals surface area contributed by atoms with Gasteiger partial charge in [-0.2, -0.15) is 0 Å². The van der Waals surface area contributed by atoms with Crippen LogP contribution < -0.4 is 5.32 Å². The zero-order valence-corrected chi connectivity index (χ0v) is 13.2. The summed E-state index contributed by atoms with van der Waals surface area (Å²) in [5.74, 6) is 0. The van der Waals surface area contributed by atoms with Crippen molar-refractivity contribution in [3.05, 3.63) is 83.0 Å². The zero-order valence-electron chi connectivity index (χ0n) is 12.4. The van der Waals surface area contributed by atoms with Crippen molar-refractivity contribution in [2.24, 2.45) is 0 Å². The monoisotopic (exact) mass is 293 g/mol. The molecule has 0 fully saturated rings. The lowest BCUT2D eigenvalue weighted by molar-refractivity contribution is 0.733. The molecule has 0 aliphatic carbocycles. The second-order valence-electron chi connectivity index (χ2n) is 5.43. The molecule has 1 atom stereocenters. The quantitative estimate of drug-likeness (QED) is 0.755. The van der Waals surface area contributed by atoms with Crippen LogP contribution in [-0.4, -0.2) is 0 Å². The van der Waals surface area contributed by atoms with Crippen molar-refractivity contribution in [3.63, 3.8) is 0 Å². The molecule has 2 aliphatic heterocycles. The van der Waals surface area contributed by atoms with Crippen LogP contribution in [0.15, 0.2) is 71.2 Å². The second-order valence-corrected chi connectivity index (χ2v) is 6.38. The minimum Gasteiger partial charge on any atom is -0.380 e. The highest BCUT2D eigenvalue weighted by Crippen LogP contribution is 2.35. The first-order chi connectivity index (χ1) is 10.1. The zero-order chi connectivity index (χ0) is 14.8. The van der Waals surface area contributed by atoms with Gasteiger partial charge < -0.3 is 5.32 Å². The molecule has 0 bridgehead atoms. The molecule has 1 aromatic carbocycles. The van der Waals surface area contributed by atoms with E-state index in [0.717, 1.165) is 5.57 Å². The number of fused-ring (bicyclic) bond motifs is 1. The van der Waals surface area contributed by atoms with Crippen molar-refractivity contribution in [2.45, 2.75) is 24.8 Å². The van der Waals surface area contributed by atoms with E-state index < -0.39 is 0 Å². The Hall–Kier alpha value is -1.93. The van der Waals surface area contributed by atoms with E-state index in [4.69, 9.17) is 0 Å². The van der Waals surface area contributed by atoms with Crippen LogP contribution >= 0.6 is 11.8 Å². The van der Waals surface area contributed by atoms with Crippen LogP contribution in [0, 0.1) is 6.92 Å². The van der Waals surface area contributed by atoms with Gasteiger partial charge in [-0.3, -0.25) is 0 Å². The van der Waals surface area contributed by atoms with Crippen LogP contribution in [0.1, 0.15) is 29.7 Å². The molecular formula is C19H19NS. The molecule has 106 valence electrons. The molecule has 2 heterocycles. The summed E-state index contributed by atoms with van der Waals surface area (Å²) in [5.41, 5.74) is 6.16. The number of benzene rings is 1. The van der Waals surface area contributed by atoms with E-state index in [0.29, 0.717) is 0 Å². The Morgan fingerprint density at radius 2 is 2.00 bits per heavy atom. The minimum absolute atomic E-state index is 0.238. The number of allylic oxidation sites excluding steroid dienone is 6. The molecule has 0 saturated heterocycles. The van der Waals surface area contributed by atoms with Gasteiger partial charge in [0.15, 0.2) is 0 Å². The van der Waals surface area contributed by atoms with Crippen molar-refractivity contribution in [1.29, 1.82) is 0 Å². The van der Waals surface area contributed by atoms with Crippen LogP contribution in [0.5, 0.6) is 0 Å². The van der Waals surface area contributed by atoms with Gasteiger partial charge in [0.1, 0.15) is 0 Å². The van der Waals surface area contributed by atoms with E-state index in [1.54, 1.807) is 11.8 Å². The van der Waals surface area contributed by atoms with Gasteiger partial charge in [0.05, 0.1) is 6.04 Å². The number of rotatable bonds is 1. The first-order valence-electron chi connectivity index (χ1n) is 7.10. The minimum atomic E-state index is 0.238. The normalized spacial score (nSPS) is 23.4. The third kappa shape index (κ3) is 2.91. The van der Waals surface area contributed by atoms with Gasteiger partial charge in [0, 0.05) is 11.1 Å². The van der Waals surface area contributed by atoms with E-state index in [1.807, 2.05) is 6.08 Å². The van der Waals surface area contributed by atoms with Gasteiger partial charge >= 0.3 is 0 Å². The van der Waals surface area contributed by atoms with Gasteiger partial charge in [-0.25, -0.2) is 0 Å². The lowest BCUT2D eigenvalue weighted by Gasteiger charge is -2.22. The molecule has 0 saturated carbocycles. The first-order valence-corrected chi connectivity index (χ1v) is 7.98. The Kier molecular flexibility index (Phi) is 3.89. The molecule has 0 aromatic heterocycles. The van der Waals surface area contributed by atoms with Crippen molar-refractivity contribution in [3.8, 4) is 0 Å². The van der Waals surface area contributed by atoms with Gasteiger partial charge in [-0.15, -0.1) is 0 Å². The summed E-state index contributed by atoms with van der Waals surface area (Å²) in [7, 11) is 0. The topological polar surface area (TPSA) is 12.0 Å². The molecule has 3 rings (SSSR count). The van der Waals surface area contributed by atoms with E-state index in [2.05, 4.69) is 73.8 Å². The molecule has 1 aromatic rings. The molecule has 1 nitrogen and oxygen atoms in total. The number of hydrogen-bond donors (Lipinski definition) is 1. The maximum Gasteiger partial charge on any atom is 0.0698 e. The van der Waals surface area contributed by atoms with Crippen molar-refractivity contribution in [1.82, 2.24) is 5.32 Å². The van der Waals surface area contributed by atoms with Crippen molar-refractivity contribution in [2.75, 3.05) is 0 Å². The predicted molar refractivity (Wildman–Crippen MR) is 93.1 cm³/mol. The average molecular weight is 293 g/mol. The molecule has 21 heavy (non-hydrogen) atoms. The Bertz CT molecular complexity index is 705. The molecule has 0 spiro atoms. The smallest absolute Gasteiger partial charge is 0.0698 e. The summed E-state index contributed by atoms with van der Waals surface area (Å²) in [6, 6.07) is 4.78. The second kappa shape index (κ2) is 5.82. The average Bonchev–Trinajstić information content (AvgIpc) is 2.46. The Morgan fingerprint density at radius 3 is 2.76 bits per heavy atom. The number of nitrogens with one attached hydrogen (secondary N) is 1. The fraction of sp³-hybridized carbons (Fsp3) is 0.158. The van der Waals surface area contributed by atoms with Crippen LogP contribution in [0.25, 0.3) is 5.57 Å². The summed E-state index contributed by atoms with van der Waals surface area (Å²) < 4.78 is 0. The van der Waals surface area contributed by atoms with Crippen molar-refractivity contribution < 1.29 is 0 Å². The molecule has 1 unspecified atom stereocenters. The van der Waals surface area contributed by atoms with Crippen LogP contribution in [0.2, 0.25) is 0 Å². The Morgan fingerprint density at radius 1 is 1.14 bits per heavy atom. The van der Waals surface area contributed by atoms with Crippen molar-refractivity contribution >= 4 is 17.3 Å².